The Kier molecular flexibility index (Phi) is 4.47. The third-order valence-electron chi connectivity index (χ3n) is 5.52. The summed E-state index contributed by atoms with van der Waals surface area (Å²) in [7, 11) is 0. The summed E-state index contributed by atoms with van der Waals surface area (Å²) in [6, 6.07) is 30.7. The molecule has 0 aliphatic rings. The molecule has 3 heterocycles. The van der Waals surface area contributed by atoms with E-state index in [1.165, 1.54) is 4.68 Å². The van der Waals surface area contributed by atoms with Gasteiger partial charge in [-0.3, -0.25) is 4.79 Å². The summed E-state index contributed by atoms with van der Waals surface area (Å²) in [6.07, 6.45) is 3.62. The Morgan fingerprint density at radius 1 is 0.848 bits per heavy atom. The van der Waals surface area contributed by atoms with Gasteiger partial charge in [0, 0.05) is 17.3 Å². The van der Waals surface area contributed by atoms with Crippen LogP contribution in [0.3, 0.4) is 0 Å². The van der Waals surface area contributed by atoms with Gasteiger partial charge in [-0.15, -0.1) is 0 Å². The van der Waals surface area contributed by atoms with Crippen molar-refractivity contribution in [3.05, 3.63) is 119 Å². The second kappa shape index (κ2) is 7.76. The molecule has 6 heteroatoms. The van der Waals surface area contributed by atoms with Gasteiger partial charge in [0.2, 0.25) is 5.82 Å². The Labute approximate surface area is 188 Å². The Bertz CT molecular complexity index is 1660. The number of para-hydroxylation sites is 3. The van der Waals surface area contributed by atoms with Gasteiger partial charge >= 0.3 is 0 Å². The van der Waals surface area contributed by atoms with E-state index in [-0.39, 0.29) is 5.56 Å². The summed E-state index contributed by atoms with van der Waals surface area (Å²) >= 11 is 0. The van der Waals surface area contributed by atoms with Crippen molar-refractivity contribution < 1.29 is 4.42 Å². The van der Waals surface area contributed by atoms with E-state index in [1.54, 1.807) is 12.3 Å². The zero-order valence-electron chi connectivity index (χ0n) is 17.5. The molecule has 3 aromatic carbocycles. The quantitative estimate of drug-likeness (QED) is 0.348. The second-order valence-electron chi connectivity index (χ2n) is 7.60. The van der Waals surface area contributed by atoms with E-state index in [0.29, 0.717) is 22.5 Å². The molecule has 158 valence electrons. The minimum Gasteiger partial charge on any atom is -0.453 e. The van der Waals surface area contributed by atoms with E-state index in [0.717, 1.165) is 22.4 Å². The van der Waals surface area contributed by atoms with E-state index in [2.05, 4.69) is 5.10 Å². The molecule has 6 nitrogen and oxygen atoms in total. The molecule has 0 saturated heterocycles. The van der Waals surface area contributed by atoms with Crippen molar-refractivity contribution in [2.45, 2.75) is 0 Å². The first-order valence-corrected chi connectivity index (χ1v) is 10.6. The molecule has 0 aliphatic heterocycles. The average molecular weight is 430 g/mol. The average Bonchev–Trinajstić information content (AvgIpc) is 3.51. The third-order valence-corrected chi connectivity index (χ3v) is 5.52. The lowest BCUT2D eigenvalue weighted by Crippen LogP contribution is -2.20. The van der Waals surface area contributed by atoms with Crippen LogP contribution in [0.2, 0.25) is 0 Å². The smallest absolute Gasteiger partial charge is 0.282 e. The molecule has 0 N–H and O–H groups in total. The molecule has 0 spiro atoms. The number of fused-ring (bicyclic) bond motifs is 2. The Hall–Kier alpha value is -4.71. The fourth-order valence-corrected chi connectivity index (χ4v) is 3.92. The maximum Gasteiger partial charge on any atom is 0.282 e. The van der Waals surface area contributed by atoms with E-state index in [1.807, 2.05) is 102 Å². The van der Waals surface area contributed by atoms with Crippen LogP contribution >= 0.6 is 0 Å². The first-order chi connectivity index (χ1) is 16.3. The van der Waals surface area contributed by atoms with Crippen LogP contribution in [0.4, 0.5) is 0 Å². The maximum absolute atomic E-state index is 13.4. The summed E-state index contributed by atoms with van der Waals surface area (Å²) in [6.45, 7) is 0. The van der Waals surface area contributed by atoms with Crippen LogP contribution in [0.15, 0.2) is 118 Å². The molecule has 0 radical (unpaired) electrons. The Morgan fingerprint density at radius 3 is 2.52 bits per heavy atom. The molecule has 0 aliphatic carbocycles. The van der Waals surface area contributed by atoms with Gasteiger partial charge < -0.3 is 8.98 Å². The van der Waals surface area contributed by atoms with Crippen molar-refractivity contribution in [1.82, 2.24) is 14.2 Å². The highest BCUT2D eigenvalue weighted by molar-refractivity contribution is 5.84. The normalized spacial score (nSPS) is 11.6. The molecule has 6 aromatic rings. The van der Waals surface area contributed by atoms with Crippen molar-refractivity contribution in [2.75, 3.05) is 0 Å². The molecule has 0 amide bonds. The molecule has 0 saturated carbocycles. The van der Waals surface area contributed by atoms with Crippen LogP contribution in [-0.4, -0.2) is 20.4 Å². The largest absolute Gasteiger partial charge is 0.453 e. The van der Waals surface area contributed by atoms with Crippen LogP contribution in [-0.2, 0) is 0 Å². The monoisotopic (exact) mass is 430 g/mol. The molecule has 0 bridgehead atoms. The van der Waals surface area contributed by atoms with Gasteiger partial charge in [-0.1, -0.05) is 48.5 Å². The Balaban J connectivity index is 1.54. The molecule has 0 unspecified atom stereocenters. The summed E-state index contributed by atoms with van der Waals surface area (Å²) < 4.78 is 9.34. The third kappa shape index (κ3) is 3.34. The first kappa shape index (κ1) is 19.0. The lowest BCUT2D eigenvalue weighted by molar-refractivity contribution is 0.616. The SMILES string of the molecule is O=c1c2ccccc2nc(-c2cc3ccccc3o2)n1N=Cc1cccn1-c1ccccc1. The molecular weight excluding hydrogens is 412 g/mol. The van der Waals surface area contributed by atoms with Crippen molar-refractivity contribution in [1.29, 1.82) is 0 Å². The highest BCUT2D eigenvalue weighted by Crippen LogP contribution is 2.27. The number of hydrogen-bond acceptors (Lipinski definition) is 4. The number of hydrogen-bond donors (Lipinski definition) is 0. The van der Waals surface area contributed by atoms with Gasteiger partial charge in [0.25, 0.3) is 5.56 Å². The molecule has 3 aromatic heterocycles. The van der Waals surface area contributed by atoms with E-state index in [4.69, 9.17) is 9.40 Å². The van der Waals surface area contributed by atoms with Gasteiger partial charge in [0.15, 0.2) is 5.76 Å². The van der Waals surface area contributed by atoms with Crippen LogP contribution < -0.4 is 5.56 Å². The minimum absolute atomic E-state index is 0.259. The van der Waals surface area contributed by atoms with E-state index < -0.39 is 0 Å². The number of rotatable bonds is 4. The van der Waals surface area contributed by atoms with Crippen LogP contribution in [0.25, 0.3) is 39.1 Å². The zero-order chi connectivity index (χ0) is 22.2. The molecule has 0 atom stereocenters. The van der Waals surface area contributed by atoms with Crippen molar-refractivity contribution in [2.24, 2.45) is 5.10 Å². The summed E-state index contributed by atoms with van der Waals surface area (Å²) in [4.78, 5) is 18.1. The predicted octanol–water partition coefficient (Wildman–Crippen LogP) is 5.48. The number of aromatic nitrogens is 3. The van der Waals surface area contributed by atoms with E-state index >= 15 is 0 Å². The second-order valence-corrected chi connectivity index (χ2v) is 7.60. The molecule has 33 heavy (non-hydrogen) atoms. The number of benzene rings is 3. The number of furan rings is 1. The van der Waals surface area contributed by atoms with Crippen molar-refractivity contribution in [3.63, 3.8) is 0 Å². The predicted molar refractivity (Wildman–Crippen MR) is 130 cm³/mol. The maximum atomic E-state index is 13.4. The molecular formula is C27H18N4O2. The van der Waals surface area contributed by atoms with Gasteiger partial charge in [-0.2, -0.15) is 9.78 Å². The number of nitrogens with zero attached hydrogens (tertiary/aromatic N) is 4. The van der Waals surface area contributed by atoms with Crippen LogP contribution in [0.5, 0.6) is 0 Å². The van der Waals surface area contributed by atoms with Crippen molar-refractivity contribution >= 4 is 28.1 Å². The van der Waals surface area contributed by atoms with Crippen molar-refractivity contribution in [3.8, 4) is 17.3 Å². The fraction of sp³-hybridized carbons (Fsp3) is 0. The highest BCUT2D eigenvalue weighted by Gasteiger charge is 2.16. The topological polar surface area (TPSA) is 65.3 Å². The summed E-state index contributed by atoms with van der Waals surface area (Å²) in [5.41, 5.74) is 2.90. The van der Waals surface area contributed by atoms with Crippen LogP contribution in [0.1, 0.15) is 5.69 Å². The lowest BCUT2D eigenvalue weighted by Gasteiger charge is -2.08. The lowest BCUT2D eigenvalue weighted by atomic mass is 10.2. The molecule has 6 rings (SSSR count). The fourth-order valence-electron chi connectivity index (χ4n) is 3.92. The first-order valence-electron chi connectivity index (χ1n) is 10.6. The van der Waals surface area contributed by atoms with Gasteiger partial charge in [0.05, 0.1) is 22.8 Å². The molecule has 0 fully saturated rings. The highest BCUT2D eigenvalue weighted by atomic mass is 16.3. The minimum atomic E-state index is -0.259. The Morgan fingerprint density at radius 2 is 1.64 bits per heavy atom. The van der Waals surface area contributed by atoms with Gasteiger partial charge in [-0.05, 0) is 48.5 Å². The van der Waals surface area contributed by atoms with Crippen LogP contribution in [0, 0.1) is 0 Å². The van der Waals surface area contributed by atoms with Gasteiger partial charge in [-0.25, -0.2) is 4.98 Å². The van der Waals surface area contributed by atoms with Gasteiger partial charge in [0.1, 0.15) is 5.58 Å². The summed E-state index contributed by atoms with van der Waals surface area (Å²) in [5.74, 6) is 0.832. The van der Waals surface area contributed by atoms with E-state index in [9.17, 15) is 4.79 Å². The zero-order valence-corrected chi connectivity index (χ0v) is 17.5. The summed E-state index contributed by atoms with van der Waals surface area (Å²) in [5, 5.41) is 5.99. The standard InChI is InChI=1S/C27H18N4O2/c32-27-22-13-5-6-14-23(22)29-26(25-17-19-9-4-7-15-24(19)33-25)31(27)28-18-21-12-8-16-30(21)20-10-2-1-3-11-20/h1-18H.